The molecular weight excluding hydrogens is 392 g/mol. The number of nitrogens with zero attached hydrogens (tertiary/aromatic N) is 2. The van der Waals surface area contributed by atoms with E-state index < -0.39 is 12.2 Å². The second-order valence-electron chi connectivity index (χ2n) is 6.54. The molecule has 0 saturated heterocycles. The number of hydrogen-bond acceptors (Lipinski definition) is 5. The first-order valence-electron chi connectivity index (χ1n) is 8.95. The Morgan fingerprint density at radius 1 is 1.03 bits per heavy atom. The molecule has 1 heterocycles. The number of ether oxygens (including phenoxy) is 2. The average Bonchev–Trinajstić information content (AvgIpc) is 3.13. The molecule has 1 amide bonds. The fraction of sp³-hybridized carbons (Fsp3) is 0.136. The van der Waals surface area contributed by atoms with Crippen LogP contribution >= 0.6 is 11.6 Å². The van der Waals surface area contributed by atoms with E-state index in [1.807, 2.05) is 30.3 Å². The number of hydrogen-bond donors (Lipinski definition) is 0. The van der Waals surface area contributed by atoms with Gasteiger partial charge in [0.15, 0.2) is 0 Å². The lowest BCUT2D eigenvalue weighted by molar-refractivity contribution is -0.135. The number of fused-ring (bicyclic) bond motifs is 1. The first kappa shape index (κ1) is 19.0. The summed E-state index contributed by atoms with van der Waals surface area (Å²) in [7, 11) is 0. The summed E-state index contributed by atoms with van der Waals surface area (Å²) in [6, 6.07) is 18.1. The molecule has 1 atom stereocenters. The van der Waals surface area contributed by atoms with Crippen LogP contribution in [-0.2, 0) is 14.3 Å². The summed E-state index contributed by atoms with van der Waals surface area (Å²) in [6.07, 6.45) is -0.746. The predicted octanol–water partition coefficient (Wildman–Crippen LogP) is 4.66. The van der Waals surface area contributed by atoms with Gasteiger partial charge in [0.2, 0.25) is 18.0 Å². The molecule has 146 valence electrons. The fourth-order valence-electron chi connectivity index (χ4n) is 3.22. The van der Waals surface area contributed by atoms with Crippen molar-refractivity contribution in [2.45, 2.75) is 20.1 Å². The lowest BCUT2D eigenvalue weighted by Gasteiger charge is -2.19. The summed E-state index contributed by atoms with van der Waals surface area (Å²) in [5, 5.41) is 7.97. The zero-order valence-electron chi connectivity index (χ0n) is 15.8. The highest BCUT2D eigenvalue weighted by molar-refractivity contribution is 6.30. The van der Waals surface area contributed by atoms with Gasteiger partial charge in [-0.2, -0.15) is 5.01 Å². The summed E-state index contributed by atoms with van der Waals surface area (Å²) < 4.78 is 11.5. The van der Waals surface area contributed by atoms with Gasteiger partial charge in [-0.3, -0.25) is 9.59 Å². The van der Waals surface area contributed by atoms with Gasteiger partial charge >= 0.3 is 5.97 Å². The standard InChI is InChI=1S/C22H17ClN2O4/c1-13(26)25-22(16-7-10-17(23)11-8-16)29-21(24-25)20-18-6-4-3-5-15(18)9-12-19(20)28-14(2)27/h3-12,22H,1-2H3/t22-/m1/s1. The second kappa shape index (κ2) is 7.56. The third-order valence-electron chi connectivity index (χ3n) is 4.48. The summed E-state index contributed by atoms with van der Waals surface area (Å²) in [5.74, 6) is -0.226. The van der Waals surface area contributed by atoms with Gasteiger partial charge in [-0.1, -0.05) is 54.1 Å². The highest BCUT2D eigenvalue weighted by Crippen LogP contribution is 2.36. The van der Waals surface area contributed by atoms with Crippen molar-refractivity contribution in [3.8, 4) is 5.75 Å². The molecule has 0 aromatic heterocycles. The smallest absolute Gasteiger partial charge is 0.308 e. The predicted molar refractivity (Wildman–Crippen MR) is 110 cm³/mol. The highest BCUT2D eigenvalue weighted by atomic mass is 35.5. The molecule has 4 rings (SSSR count). The highest BCUT2D eigenvalue weighted by Gasteiger charge is 2.35. The zero-order valence-corrected chi connectivity index (χ0v) is 16.5. The van der Waals surface area contributed by atoms with E-state index in [1.165, 1.54) is 18.9 Å². The molecule has 29 heavy (non-hydrogen) atoms. The van der Waals surface area contributed by atoms with Crippen LogP contribution in [0, 0.1) is 0 Å². The lowest BCUT2D eigenvalue weighted by Crippen LogP contribution is -2.25. The third kappa shape index (κ3) is 3.67. The van der Waals surface area contributed by atoms with Crippen LogP contribution in [0.15, 0.2) is 65.8 Å². The van der Waals surface area contributed by atoms with Gasteiger partial charge in [-0.15, -0.1) is 5.10 Å². The summed E-state index contributed by atoms with van der Waals surface area (Å²) >= 11 is 5.98. The molecular formula is C22H17ClN2O4. The van der Waals surface area contributed by atoms with Gasteiger partial charge in [0, 0.05) is 24.4 Å². The van der Waals surface area contributed by atoms with Crippen LogP contribution in [-0.4, -0.2) is 22.8 Å². The largest absolute Gasteiger partial charge is 0.446 e. The maximum absolute atomic E-state index is 12.2. The van der Waals surface area contributed by atoms with Crippen molar-refractivity contribution in [3.05, 3.63) is 76.8 Å². The van der Waals surface area contributed by atoms with Crippen LogP contribution < -0.4 is 4.74 Å². The molecule has 0 aliphatic carbocycles. The summed E-state index contributed by atoms with van der Waals surface area (Å²) in [4.78, 5) is 23.9. The second-order valence-corrected chi connectivity index (χ2v) is 6.98. The summed E-state index contributed by atoms with van der Waals surface area (Å²) in [5.41, 5.74) is 1.23. The molecule has 1 aliphatic heterocycles. The number of carbonyl (C=O) groups excluding carboxylic acids is 2. The van der Waals surface area contributed by atoms with Gasteiger partial charge in [-0.05, 0) is 29.0 Å². The van der Waals surface area contributed by atoms with Crippen LogP contribution in [0.3, 0.4) is 0 Å². The minimum absolute atomic E-state index is 0.202. The molecule has 0 spiro atoms. The van der Waals surface area contributed by atoms with E-state index in [0.717, 1.165) is 16.3 Å². The Kier molecular flexibility index (Phi) is 4.94. The van der Waals surface area contributed by atoms with Crippen LogP contribution in [0.5, 0.6) is 5.75 Å². The molecule has 0 N–H and O–H groups in total. The number of amides is 1. The summed E-state index contributed by atoms with van der Waals surface area (Å²) in [6.45, 7) is 2.74. The van der Waals surface area contributed by atoms with Crippen molar-refractivity contribution in [2.24, 2.45) is 5.10 Å². The molecule has 1 aliphatic rings. The normalized spacial score (nSPS) is 15.8. The number of benzene rings is 3. The molecule has 3 aromatic carbocycles. The topological polar surface area (TPSA) is 68.2 Å². The Labute approximate surface area is 172 Å². The number of rotatable bonds is 3. The Morgan fingerprint density at radius 2 is 1.76 bits per heavy atom. The average molecular weight is 409 g/mol. The number of esters is 1. The molecule has 6 nitrogen and oxygen atoms in total. The molecule has 7 heteroatoms. The maximum atomic E-state index is 12.2. The number of hydrazone groups is 1. The third-order valence-corrected chi connectivity index (χ3v) is 4.73. The first-order valence-corrected chi connectivity index (χ1v) is 9.33. The molecule has 0 fully saturated rings. The van der Waals surface area contributed by atoms with E-state index in [9.17, 15) is 9.59 Å². The van der Waals surface area contributed by atoms with Gasteiger partial charge in [0.25, 0.3) is 0 Å². The quantitative estimate of drug-likeness (QED) is 0.467. The van der Waals surface area contributed by atoms with Crippen molar-refractivity contribution < 1.29 is 19.1 Å². The van der Waals surface area contributed by atoms with Crippen LogP contribution in [0.2, 0.25) is 5.02 Å². The van der Waals surface area contributed by atoms with Crippen molar-refractivity contribution in [1.29, 1.82) is 0 Å². The molecule has 0 unspecified atom stereocenters. The minimum Gasteiger partial charge on any atom is -0.446 e. The van der Waals surface area contributed by atoms with Gasteiger partial charge in [0.05, 0.1) is 5.56 Å². The SMILES string of the molecule is CC(=O)Oc1ccc2ccccc2c1C1=NN(C(C)=O)[C@@H](c2ccc(Cl)cc2)O1. The van der Waals surface area contributed by atoms with Gasteiger partial charge in [0.1, 0.15) is 5.75 Å². The zero-order chi connectivity index (χ0) is 20.5. The van der Waals surface area contributed by atoms with E-state index in [1.54, 1.807) is 30.3 Å². The van der Waals surface area contributed by atoms with Crippen molar-refractivity contribution in [2.75, 3.05) is 0 Å². The van der Waals surface area contributed by atoms with E-state index in [4.69, 9.17) is 21.1 Å². The van der Waals surface area contributed by atoms with E-state index in [-0.39, 0.29) is 11.8 Å². The monoisotopic (exact) mass is 408 g/mol. The van der Waals surface area contributed by atoms with Crippen LogP contribution in [0.1, 0.15) is 31.2 Å². The molecule has 0 saturated carbocycles. The fourth-order valence-corrected chi connectivity index (χ4v) is 3.35. The number of carbonyl (C=O) groups is 2. The van der Waals surface area contributed by atoms with Crippen molar-refractivity contribution in [3.63, 3.8) is 0 Å². The van der Waals surface area contributed by atoms with Gasteiger partial charge in [-0.25, -0.2) is 0 Å². The Balaban J connectivity index is 1.84. The Morgan fingerprint density at radius 3 is 2.45 bits per heavy atom. The molecule has 3 aromatic rings. The minimum atomic E-state index is -0.746. The molecule has 0 bridgehead atoms. The Bertz CT molecular complexity index is 1140. The number of halogens is 1. The van der Waals surface area contributed by atoms with Crippen molar-refractivity contribution >= 4 is 40.1 Å². The lowest BCUT2D eigenvalue weighted by atomic mass is 10.0. The first-order chi connectivity index (χ1) is 13.9. The molecule has 0 radical (unpaired) electrons. The van der Waals surface area contributed by atoms with Crippen molar-refractivity contribution in [1.82, 2.24) is 5.01 Å². The van der Waals surface area contributed by atoms with Crippen LogP contribution in [0.4, 0.5) is 0 Å². The Hall–Kier alpha value is -3.38. The van der Waals surface area contributed by atoms with E-state index in [0.29, 0.717) is 16.3 Å². The van der Waals surface area contributed by atoms with E-state index in [2.05, 4.69) is 5.10 Å². The van der Waals surface area contributed by atoms with Gasteiger partial charge < -0.3 is 9.47 Å². The maximum Gasteiger partial charge on any atom is 0.308 e. The van der Waals surface area contributed by atoms with E-state index >= 15 is 0 Å². The van der Waals surface area contributed by atoms with Crippen LogP contribution in [0.25, 0.3) is 10.8 Å².